The molecule has 3 heteroatoms. The molecule has 12 heavy (non-hydrogen) atoms. The van der Waals surface area contributed by atoms with Crippen molar-refractivity contribution in [3.05, 3.63) is 35.1 Å². The zero-order valence-corrected chi connectivity index (χ0v) is 7.34. The van der Waals surface area contributed by atoms with Crippen LogP contribution in [0.2, 0.25) is 5.15 Å². The van der Waals surface area contributed by atoms with Crippen molar-refractivity contribution >= 4 is 22.6 Å². The molecule has 0 saturated heterocycles. The molecule has 60 valence electrons. The molecule has 0 saturated carbocycles. The lowest BCUT2D eigenvalue weighted by atomic mass is 10.3. The molecule has 0 N–H and O–H groups in total. The van der Waals surface area contributed by atoms with E-state index in [1.165, 1.54) is 0 Å². The maximum absolute atomic E-state index is 5.81. The van der Waals surface area contributed by atoms with Gasteiger partial charge in [0.15, 0.2) is 5.15 Å². The zero-order chi connectivity index (χ0) is 8.55. The highest BCUT2D eigenvalue weighted by Crippen LogP contribution is 2.15. The Balaban J connectivity index is 2.84. The first-order valence-corrected chi connectivity index (χ1v) is 4.04. The van der Waals surface area contributed by atoms with E-state index in [9.17, 15) is 0 Å². The van der Waals surface area contributed by atoms with E-state index < -0.39 is 0 Å². The highest BCUT2D eigenvalue weighted by molar-refractivity contribution is 6.30. The van der Waals surface area contributed by atoms with Crippen LogP contribution in [0, 0.1) is 6.92 Å². The number of benzene rings is 1. The van der Waals surface area contributed by atoms with Gasteiger partial charge >= 0.3 is 0 Å². The van der Waals surface area contributed by atoms with Gasteiger partial charge in [0.05, 0.1) is 16.7 Å². The van der Waals surface area contributed by atoms with E-state index >= 15 is 0 Å². The summed E-state index contributed by atoms with van der Waals surface area (Å²) in [6, 6.07) is 7.67. The van der Waals surface area contributed by atoms with Crippen molar-refractivity contribution in [1.82, 2.24) is 9.97 Å². The van der Waals surface area contributed by atoms with Gasteiger partial charge in [-0.05, 0) is 19.1 Å². The first kappa shape index (κ1) is 7.50. The molecular formula is C9H7ClN2. The van der Waals surface area contributed by atoms with E-state index in [4.69, 9.17) is 11.6 Å². The summed E-state index contributed by atoms with van der Waals surface area (Å²) in [7, 11) is 0. The Morgan fingerprint density at radius 3 is 2.33 bits per heavy atom. The topological polar surface area (TPSA) is 25.8 Å². The highest BCUT2D eigenvalue weighted by Gasteiger charge is 2.00. The lowest BCUT2D eigenvalue weighted by Crippen LogP contribution is -1.88. The van der Waals surface area contributed by atoms with Crippen molar-refractivity contribution < 1.29 is 0 Å². The minimum absolute atomic E-state index is 0.480. The fourth-order valence-electron chi connectivity index (χ4n) is 1.07. The molecule has 0 aliphatic carbocycles. The Kier molecular flexibility index (Phi) is 1.70. The van der Waals surface area contributed by atoms with Crippen LogP contribution < -0.4 is 0 Å². The van der Waals surface area contributed by atoms with Gasteiger partial charge in [-0.2, -0.15) is 0 Å². The molecule has 0 atom stereocenters. The molecule has 0 amide bonds. The summed E-state index contributed by atoms with van der Waals surface area (Å²) < 4.78 is 0. The highest BCUT2D eigenvalue weighted by atomic mass is 35.5. The van der Waals surface area contributed by atoms with Crippen molar-refractivity contribution in [3.63, 3.8) is 0 Å². The van der Waals surface area contributed by atoms with E-state index in [0.29, 0.717) is 5.15 Å². The second-order valence-electron chi connectivity index (χ2n) is 2.59. The summed E-state index contributed by atoms with van der Waals surface area (Å²) in [5.41, 5.74) is 2.50. The van der Waals surface area contributed by atoms with Crippen LogP contribution in [-0.4, -0.2) is 9.97 Å². The van der Waals surface area contributed by atoms with Gasteiger partial charge in [-0.25, -0.2) is 9.97 Å². The first-order valence-electron chi connectivity index (χ1n) is 3.66. The number of hydrogen-bond acceptors (Lipinski definition) is 2. The SMILES string of the molecule is Cc1nc2ccccc2nc1Cl. The second kappa shape index (κ2) is 2.72. The van der Waals surface area contributed by atoms with Crippen LogP contribution in [0.1, 0.15) is 5.69 Å². The van der Waals surface area contributed by atoms with Crippen LogP contribution in [0.15, 0.2) is 24.3 Å². The third kappa shape index (κ3) is 1.14. The average Bonchev–Trinajstić information content (AvgIpc) is 2.07. The smallest absolute Gasteiger partial charge is 0.150 e. The van der Waals surface area contributed by atoms with Gasteiger partial charge in [-0.15, -0.1) is 0 Å². The quantitative estimate of drug-likeness (QED) is 0.620. The van der Waals surface area contributed by atoms with Crippen LogP contribution in [-0.2, 0) is 0 Å². The van der Waals surface area contributed by atoms with Crippen LogP contribution >= 0.6 is 11.6 Å². The van der Waals surface area contributed by atoms with Crippen LogP contribution in [0.4, 0.5) is 0 Å². The normalized spacial score (nSPS) is 10.5. The van der Waals surface area contributed by atoms with E-state index in [2.05, 4.69) is 9.97 Å². The van der Waals surface area contributed by atoms with Gasteiger partial charge in [-0.3, -0.25) is 0 Å². The Bertz CT molecular complexity index is 385. The third-order valence-corrected chi connectivity index (χ3v) is 2.05. The molecular weight excluding hydrogens is 172 g/mol. The molecule has 0 aliphatic heterocycles. The van der Waals surface area contributed by atoms with E-state index in [0.717, 1.165) is 16.7 Å². The van der Waals surface area contributed by atoms with Gasteiger partial charge < -0.3 is 0 Å². The molecule has 2 nitrogen and oxygen atoms in total. The van der Waals surface area contributed by atoms with Crippen LogP contribution in [0.3, 0.4) is 0 Å². The molecule has 0 aliphatic rings. The van der Waals surface area contributed by atoms with Gasteiger partial charge in [0.1, 0.15) is 0 Å². The van der Waals surface area contributed by atoms with Crippen LogP contribution in [0.25, 0.3) is 11.0 Å². The summed E-state index contributed by atoms with van der Waals surface area (Å²) in [5, 5.41) is 0.480. The van der Waals surface area contributed by atoms with Crippen LogP contribution in [0.5, 0.6) is 0 Å². The maximum Gasteiger partial charge on any atom is 0.150 e. The predicted molar refractivity (Wildman–Crippen MR) is 49.3 cm³/mol. The van der Waals surface area contributed by atoms with E-state index in [1.54, 1.807) is 0 Å². The van der Waals surface area contributed by atoms with E-state index in [-0.39, 0.29) is 0 Å². The molecule has 0 bridgehead atoms. The number of aryl methyl sites for hydroxylation is 1. The molecule has 1 aromatic heterocycles. The van der Waals surface area contributed by atoms with Crippen molar-refractivity contribution in [1.29, 1.82) is 0 Å². The fourth-order valence-corrected chi connectivity index (χ4v) is 1.20. The number of halogens is 1. The average molecular weight is 179 g/mol. The molecule has 1 heterocycles. The first-order chi connectivity index (χ1) is 5.77. The van der Waals surface area contributed by atoms with Crippen molar-refractivity contribution in [2.45, 2.75) is 6.92 Å². The Morgan fingerprint density at radius 2 is 1.67 bits per heavy atom. The summed E-state index contributed by atoms with van der Waals surface area (Å²) >= 11 is 5.81. The fraction of sp³-hybridized carbons (Fsp3) is 0.111. The second-order valence-corrected chi connectivity index (χ2v) is 2.95. The number of rotatable bonds is 0. The number of para-hydroxylation sites is 2. The monoisotopic (exact) mass is 178 g/mol. The van der Waals surface area contributed by atoms with E-state index in [1.807, 2.05) is 31.2 Å². The summed E-state index contributed by atoms with van der Waals surface area (Å²) in [5.74, 6) is 0. The van der Waals surface area contributed by atoms with Gasteiger partial charge in [0, 0.05) is 0 Å². The van der Waals surface area contributed by atoms with Crippen molar-refractivity contribution in [3.8, 4) is 0 Å². The molecule has 0 spiro atoms. The lowest BCUT2D eigenvalue weighted by molar-refractivity contribution is 1.18. The van der Waals surface area contributed by atoms with Gasteiger partial charge in [0.25, 0.3) is 0 Å². The largest absolute Gasteiger partial charge is 0.248 e. The standard InChI is InChI=1S/C9H7ClN2/c1-6-9(10)12-8-5-3-2-4-7(8)11-6/h2-5H,1H3. The minimum atomic E-state index is 0.480. The molecule has 0 radical (unpaired) electrons. The lowest BCUT2D eigenvalue weighted by Gasteiger charge is -1.98. The minimum Gasteiger partial charge on any atom is -0.248 e. The van der Waals surface area contributed by atoms with Gasteiger partial charge in [0.2, 0.25) is 0 Å². The molecule has 2 aromatic rings. The number of hydrogen-bond donors (Lipinski definition) is 0. The molecule has 0 unspecified atom stereocenters. The number of nitrogens with zero attached hydrogens (tertiary/aromatic N) is 2. The molecule has 0 fully saturated rings. The molecule has 2 rings (SSSR count). The Morgan fingerprint density at radius 1 is 1.08 bits per heavy atom. The summed E-state index contributed by atoms with van der Waals surface area (Å²) in [4.78, 5) is 8.46. The molecule has 1 aromatic carbocycles. The van der Waals surface area contributed by atoms with Gasteiger partial charge in [-0.1, -0.05) is 23.7 Å². The number of aromatic nitrogens is 2. The summed E-state index contributed by atoms with van der Waals surface area (Å²) in [6.45, 7) is 1.85. The maximum atomic E-state index is 5.81. The Hall–Kier alpha value is -1.15. The third-order valence-electron chi connectivity index (χ3n) is 1.69. The Labute approximate surface area is 75.2 Å². The zero-order valence-electron chi connectivity index (χ0n) is 6.58. The summed E-state index contributed by atoms with van der Waals surface area (Å²) in [6.07, 6.45) is 0. The van der Waals surface area contributed by atoms with Crippen molar-refractivity contribution in [2.75, 3.05) is 0 Å². The van der Waals surface area contributed by atoms with Crippen molar-refractivity contribution in [2.24, 2.45) is 0 Å². The number of fused-ring (bicyclic) bond motifs is 1. The predicted octanol–water partition coefficient (Wildman–Crippen LogP) is 2.59.